The summed E-state index contributed by atoms with van der Waals surface area (Å²) in [7, 11) is 0. The van der Waals surface area contributed by atoms with Gasteiger partial charge in [0.1, 0.15) is 0 Å². The quantitative estimate of drug-likeness (QED) is 0.720. The normalized spacial score (nSPS) is 18.3. The highest BCUT2D eigenvalue weighted by Crippen LogP contribution is 2.36. The van der Waals surface area contributed by atoms with Crippen molar-refractivity contribution in [2.45, 2.75) is 25.8 Å². The van der Waals surface area contributed by atoms with Crippen LogP contribution in [0.15, 0.2) is 48.0 Å². The summed E-state index contributed by atoms with van der Waals surface area (Å²) >= 11 is 1.77. The highest BCUT2D eigenvalue weighted by molar-refractivity contribution is 7.13. The van der Waals surface area contributed by atoms with Crippen molar-refractivity contribution in [2.24, 2.45) is 0 Å². The van der Waals surface area contributed by atoms with E-state index in [0.29, 0.717) is 6.04 Å². The first-order valence-electron chi connectivity index (χ1n) is 8.76. The van der Waals surface area contributed by atoms with Crippen LogP contribution in [0.1, 0.15) is 19.8 Å². The number of hydrogen-bond acceptors (Lipinski definition) is 4. The van der Waals surface area contributed by atoms with Crippen molar-refractivity contribution >= 4 is 27.9 Å². The average molecular weight is 337 g/mol. The topological polar surface area (TPSA) is 28.2 Å². The Hall–Kier alpha value is -1.91. The smallest absolute Gasteiger partial charge is 0.0723 e. The summed E-state index contributed by atoms with van der Waals surface area (Å²) in [5.41, 5.74) is 3.50. The molecule has 1 saturated heterocycles. The summed E-state index contributed by atoms with van der Waals surface area (Å²) in [4.78, 5) is 8.52. The van der Waals surface area contributed by atoms with Gasteiger partial charge in [-0.15, -0.1) is 11.3 Å². The fourth-order valence-electron chi connectivity index (χ4n) is 3.71. The van der Waals surface area contributed by atoms with Gasteiger partial charge in [0.2, 0.25) is 0 Å². The van der Waals surface area contributed by atoms with Crippen LogP contribution in [-0.4, -0.2) is 35.6 Å². The van der Waals surface area contributed by atoms with Crippen LogP contribution in [0.2, 0.25) is 0 Å². The Kier molecular flexibility index (Phi) is 4.50. The fourth-order valence-corrected chi connectivity index (χ4v) is 4.46. The molecule has 1 N–H and O–H groups in total. The van der Waals surface area contributed by atoms with Crippen molar-refractivity contribution < 1.29 is 0 Å². The van der Waals surface area contributed by atoms with Gasteiger partial charge >= 0.3 is 0 Å². The molecule has 1 aromatic carbocycles. The van der Waals surface area contributed by atoms with E-state index in [1.165, 1.54) is 40.9 Å². The zero-order valence-corrected chi connectivity index (χ0v) is 14.9. The van der Waals surface area contributed by atoms with Gasteiger partial charge in [-0.3, -0.25) is 9.88 Å². The number of nitrogens with one attached hydrogen (secondary N) is 1. The number of aromatic nitrogens is 1. The highest BCUT2D eigenvalue weighted by atomic mass is 32.1. The molecular formula is C20H23N3S. The minimum Gasteiger partial charge on any atom is -0.382 e. The molecular weight excluding hydrogens is 314 g/mol. The van der Waals surface area contributed by atoms with Gasteiger partial charge in [0, 0.05) is 34.6 Å². The van der Waals surface area contributed by atoms with Crippen LogP contribution in [0.3, 0.4) is 0 Å². The Morgan fingerprint density at radius 3 is 3.00 bits per heavy atom. The number of likely N-dealkylation sites (N-methyl/N-ethyl adjacent to an activating group) is 1. The molecule has 1 atom stereocenters. The van der Waals surface area contributed by atoms with Crippen LogP contribution in [-0.2, 0) is 0 Å². The van der Waals surface area contributed by atoms with Gasteiger partial charge in [-0.2, -0.15) is 0 Å². The number of pyridine rings is 1. The third-order valence-electron chi connectivity index (χ3n) is 4.98. The van der Waals surface area contributed by atoms with Crippen LogP contribution in [0.5, 0.6) is 0 Å². The summed E-state index contributed by atoms with van der Waals surface area (Å²) in [5.74, 6) is 0. The van der Waals surface area contributed by atoms with Crippen LogP contribution >= 0.6 is 11.3 Å². The molecule has 0 saturated carbocycles. The minimum absolute atomic E-state index is 0.637. The van der Waals surface area contributed by atoms with Crippen molar-refractivity contribution in [3.05, 3.63) is 48.0 Å². The van der Waals surface area contributed by atoms with E-state index in [2.05, 4.69) is 63.9 Å². The molecule has 4 heteroatoms. The lowest BCUT2D eigenvalue weighted by molar-refractivity contribution is 0.277. The van der Waals surface area contributed by atoms with E-state index < -0.39 is 0 Å². The maximum absolute atomic E-state index is 4.66. The lowest BCUT2D eigenvalue weighted by atomic mass is 10.1. The summed E-state index contributed by atoms with van der Waals surface area (Å²) in [6.45, 7) is 5.64. The molecule has 24 heavy (non-hydrogen) atoms. The summed E-state index contributed by atoms with van der Waals surface area (Å²) in [6, 6.07) is 13.3. The predicted molar refractivity (Wildman–Crippen MR) is 104 cm³/mol. The molecule has 1 unspecified atom stereocenters. The number of rotatable bonds is 5. The summed E-state index contributed by atoms with van der Waals surface area (Å²) in [6.07, 6.45) is 4.62. The Bertz CT molecular complexity index is 813. The van der Waals surface area contributed by atoms with Crippen molar-refractivity contribution in [3.8, 4) is 10.4 Å². The Morgan fingerprint density at radius 1 is 1.25 bits per heavy atom. The van der Waals surface area contributed by atoms with Gasteiger partial charge < -0.3 is 5.32 Å². The first kappa shape index (κ1) is 15.6. The monoisotopic (exact) mass is 337 g/mol. The number of hydrogen-bond donors (Lipinski definition) is 1. The number of anilines is 1. The second-order valence-electron chi connectivity index (χ2n) is 6.35. The molecule has 124 valence electrons. The third kappa shape index (κ3) is 2.92. The Morgan fingerprint density at radius 2 is 2.17 bits per heavy atom. The van der Waals surface area contributed by atoms with Crippen LogP contribution in [0.4, 0.5) is 5.69 Å². The molecule has 0 amide bonds. The largest absolute Gasteiger partial charge is 0.382 e. The average Bonchev–Trinajstić information content (AvgIpc) is 3.30. The van der Waals surface area contributed by atoms with E-state index >= 15 is 0 Å². The van der Waals surface area contributed by atoms with Gasteiger partial charge in [0.05, 0.1) is 11.2 Å². The summed E-state index contributed by atoms with van der Waals surface area (Å²) < 4.78 is 0. The van der Waals surface area contributed by atoms with Gasteiger partial charge in [0.25, 0.3) is 0 Å². The molecule has 0 radical (unpaired) electrons. The van der Waals surface area contributed by atoms with Gasteiger partial charge in [-0.05, 0) is 43.4 Å². The van der Waals surface area contributed by atoms with Crippen molar-refractivity contribution in [1.82, 2.24) is 9.88 Å². The molecule has 3 aromatic rings. The Labute approximate surface area is 147 Å². The number of benzene rings is 1. The van der Waals surface area contributed by atoms with E-state index in [1.807, 2.05) is 6.20 Å². The number of para-hydroxylation sites is 1. The van der Waals surface area contributed by atoms with E-state index in [1.54, 1.807) is 11.3 Å². The Balaban J connectivity index is 1.70. The molecule has 3 nitrogen and oxygen atoms in total. The zero-order valence-electron chi connectivity index (χ0n) is 14.0. The first-order valence-corrected chi connectivity index (χ1v) is 9.64. The molecule has 1 aliphatic heterocycles. The fraction of sp³-hybridized carbons (Fsp3) is 0.350. The number of likely N-dealkylation sites (tertiary alicyclic amines) is 1. The molecule has 3 heterocycles. The van der Waals surface area contributed by atoms with Crippen molar-refractivity contribution in [3.63, 3.8) is 0 Å². The maximum Gasteiger partial charge on any atom is 0.0723 e. The lowest BCUT2D eigenvalue weighted by Crippen LogP contribution is -2.34. The molecule has 1 fully saturated rings. The maximum atomic E-state index is 4.66. The van der Waals surface area contributed by atoms with E-state index in [4.69, 9.17) is 0 Å². The molecule has 2 aromatic heterocycles. The van der Waals surface area contributed by atoms with Crippen LogP contribution in [0.25, 0.3) is 21.3 Å². The lowest BCUT2D eigenvalue weighted by Gasteiger charge is -2.24. The standard InChI is InChI=1S/C20H23N3S/c1-2-23-11-5-7-15(23)13-22-20-16-8-3-4-9-18(16)21-14-17(20)19-10-6-12-24-19/h3-4,6,8-10,12,14-15H,2,5,7,11,13H2,1H3,(H,21,22). The second-order valence-corrected chi connectivity index (χ2v) is 7.29. The second kappa shape index (κ2) is 6.91. The zero-order chi connectivity index (χ0) is 16.4. The predicted octanol–water partition coefficient (Wildman–Crippen LogP) is 4.86. The van der Waals surface area contributed by atoms with Crippen molar-refractivity contribution in [2.75, 3.05) is 25.0 Å². The van der Waals surface area contributed by atoms with Gasteiger partial charge in [0.15, 0.2) is 0 Å². The van der Waals surface area contributed by atoms with Crippen molar-refractivity contribution in [1.29, 1.82) is 0 Å². The molecule has 0 spiro atoms. The van der Waals surface area contributed by atoms with E-state index in [9.17, 15) is 0 Å². The van der Waals surface area contributed by atoms with Crippen LogP contribution in [0, 0.1) is 0 Å². The first-order chi connectivity index (χ1) is 11.9. The highest BCUT2D eigenvalue weighted by Gasteiger charge is 2.23. The third-order valence-corrected chi connectivity index (χ3v) is 5.88. The van der Waals surface area contributed by atoms with E-state index in [0.717, 1.165) is 18.6 Å². The SMILES string of the molecule is CCN1CCCC1CNc1c(-c2cccs2)cnc2ccccc12. The van der Waals surface area contributed by atoms with Crippen LogP contribution < -0.4 is 5.32 Å². The molecule has 0 aliphatic carbocycles. The number of fused-ring (bicyclic) bond motifs is 1. The summed E-state index contributed by atoms with van der Waals surface area (Å²) in [5, 5.41) is 7.12. The molecule has 0 bridgehead atoms. The van der Waals surface area contributed by atoms with Gasteiger partial charge in [-0.25, -0.2) is 0 Å². The molecule has 4 rings (SSSR count). The molecule has 1 aliphatic rings. The van der Waals surface area contributed by atoms with E-state index in [-0.39, 0.29) is 0 Å². The van der Waals surface area contributed by atoms with Gasteiger partial charge in [-0.1, -0.05) is 31.2 Å². The number of nitrogens with zero attached hydrogens (tertiary/aromatic N) is 2. The number of thiophene rings is 1. The minimum atomic E-state index is 0.637.